The van der Waals surface area contributed by atoms with Gasteiger partial charge in [0.25, 0.3) is 0 Å². The number of rotatable bonds is 5. The fourth-order valence-electron chi connectivity index (χ4n) is 2.79. The second-order valence-electron chi connectivity index (χ2n) is 4.85. The van der Waals surface area contributed by atoms with E-state index in [2.05, 4.69) is 6.58 Å². The Bertz CT molecular complexity index is 516. The number of hydrogen-bond acceptors (Lipinski definition) is 4. The molecule has 0 saturated carbocycles. The van der Waals surface area contributed by atoms with Crippen molar-refractivity contribution in [1.82, 2.24) is 4.90 Å². The standard InChI is InChI=1S/C16H21NO4/c1-5-15(18)17-8-6-7-12(17)11-9-13(19-2)16(21-4)14(10-11)20-3/h5,9-10,12H,1,6-8H2,2-4H3. The van der Waals surface area contributed by atoms with Gasteiger partial charge in [-0.15, -0.1) is 0 Å². The summed E-state index contributed by atoms with van der Waals surface area (Å²) in [7, 11) is 4.74. The first-order chi connectivity index (χ1) is 10.2. The molecular weight excluding hydrogens is 270 g/mol. The van der Waals surface area contributed by atoms with Crippen LogP contribution < -0.4 is 14.2 Å². The van der Waals surface area contributed by atoms with E-state index in [1.165, 1.54) is 6.08 Å². The normalized spacial score (nSPS) is 17.5. The van der Waals surface area contributed by atoms with Gasteiger partial charge in [0.2, 0.25) is 11.7 Å². The van der Waals surface area contributed by atoms with Crippen molar-refractivity contribution < 1.29 is 19.0 Å². The Morgan fingerprint density at radius 1 is 1.24 bits per heavy atom. The maximum absolute atomic E-state index is 12.0. The van der Waals surface area contributed by atoms with E-state index in [0.717, 1.165) is 24.9 Å². The summed E-state index contributed by atoms with van der Waals surface area (Å²) in [6.45, 7) is 4.31. The zero-order valence-electron chi connectivity index (χ0n) is 12.7. The lowest BCUT2D eigenvalue weighted by molar-refractivity contribution is -0.126. The number of carbonyl (C=O) groups excluding carboxylic acids is 1. The molecule has 1 unspecified atom stereocenters. The van der Waals surface area contributed by atoms with E-state index in [-0.39, 0.29) is 11.9 Å². The molecule has 1 amide bonds. The number of methoxy groups -OCH3 is 3. The SMILES string of the molecule is C=CC(=O)N1CCCC1c1cc(OC)c(OC)c(OC)c1. The highest BCUT2D eigenvalue weighted by Crippen LogP contribution is 2.42. The fourth-order valence-corrected chi connectivity index (χ4v) is 2.79. The van der Waals surface area contributed by atoms with Gasteiger partial charge >= 0.3 is 0 Å². The van der Waals surface area contributed by atoms with Crippen LogP contribution in [0.3, 0.4) is 0 Å². The summed E-state index contributed by atoms with van der Waals surface area (Å²) in [6, 6.07) is 3.82. The Hall–Kier alpha value is -2.17. The predicted octanol–water partition coefficient (Wildman–Crippen LogP) is 2.56. The van der Waals surface area contributed by atoms with Crippen LogP contribution in [0.1, 0.15) is 24.4 Å². The molecule has 21 heavy (non-hydrogen) atoms. The summed E-state index contributed by atoms with van der Waals surface area (Å²) < 4.78 is 16.1. The molecule has 1 fully saturated rings. The molecule has 1 heterocycles. The van der Waals surface area contributed by atoms with Gasteiger partial charge in [-0.05, 0) is 36.6 Å². The van der Waals surface area contributed by atoms with Gasteiger partial charge in [-0.3, -0.25) is 4.79 Å². The minimum atomic E-state index is -0.0498. The molecule has 1 aromatic carbocycles. The van der Waals surface area contributed by atoms with Gasteiger partial charge in [0, 0.05) is 6.54 Å². The highest BCUT2D eigenvalue weighted by molar-refractivity contribution is 5.87. The highest BCUT2D eigenvalue weighted by Gasteiger charge is 2.30. The quantitative estimate of drug-likeness (QED) is 0.782. The van der Waals surface area contributed by atoms with E-state index in [1.54, 1.807) is 21.3 Å². The summed E-state index contributed by atoms with van der Waals surface area (Å²) in [6.07, 6.45) is 3.25. The first-order valence-electron chi connectivity index (χ1n) is 6.89. The largest absolute Gasteiger partial charge is 0.493 e. The van der Waals surface area contributed by atoms with Gasteiger partial charge in [0.05, 0.1) is 27.4 Å². The van der Waals surface area contributed by atoms with Crippen LogP contribution >= 0.6 is 0 Å². The molecule has 1 aliphatic heterocycles. The molecule has 1 saturated heterocycles. The molecule has 0 aromatic heterocycles. The second-order valence-corrected chi connectivity index (χ2v) is 4.85. The minimum absolute atomic E-state index is 0.0178. The summed E-state index contributed by atoms with van der Waals surface area (Å²) in [5.41, 5.74) is 0.984. The highest BCUT2D eigenvalue weighted by atomic mass is 16.5. The van der Waals surface area contributed by atoms with Gasteiger partial charge < -0.3 is 19.1 Å². The Morgan fingerprint density at radius 3 is 2.33 bits per heavy atom. The van der Waals surface area contributed by atoms with Gasteiger partial charge in [-0.25, -0.2) is 0 Å². The molecule has 0 spiro atoms. The van der Waals surface area contributed by atoms with Crippen molar-refractivity contribution in [2.24, 2.45) is 0 Å². The van der Waals surface area contributed by atoms with Crippen molar-refractivity contribution in [3.63, 3.8) is 0 Å². The Balaban J connectivity index is 2.43. The van der Waals surface area contributed by atoms with Gasteiger partial charge in [-0.2, -0.15) is 0 Å². The van der Waals surface area contributed by atoms with Crippen molar-refractivity contribution in [3.05, 3.63) is 30.4 Å². The number of nitrogens with zero attached hydrogens (tertiary/aromatic N) is 1. The summed E-state index contributed by atoms with van der Waals surface area (Å²) in [4.78, 5) is 13.8. The third kappa shape index (κ3) is 2.82. The van der Waals surface area contributed by atoms with Crippen molar-refractivity contribution in [3.8, 4) is 17.2 Å². The fraction of sp³-hybridized carbons (Fsp3) is 0.438. The van der Waals surface area contributed by atoms with Crippen molar-refractivity contribution in [1.29, 1.82) is 0 Å². The summed E-state index contributed by atoms with van der Waals surface area (Å²) >= 11 is 0. The van der Waals surface area contributed by atoms with Crippen LogP contribution in [0.5, 0.6) is 17.2 Å². The lowest BCUT2D eigenvalue weighted by Gasteiger charge is -2.25. The summed E-state index contributed by atoms with van der Waals surface area (Å²) in [5.74, 6) is 1.71. The first kappa shape index (κ1) is 15.2. The topological polar surface area (TPSA) is 48.0 Å². The predicted molar refractivity (Wildman–Crippen MR) is 80.0 cm³/mol. The van der Waals surface area contributed by atoms with Crippen LogP contribution in [0, 0.1) is 0 Å². The molecule has 1 aliphatic rings. The molecule has 0 aliphatic carbocycles. The zero-order valence-corrected chi connectivity index (χ0v) is 12.7. The number of amides is 1. The third-order valence-corrected chi connectivity index (χ3v) is 3.78. The van der Waals surface area contributed by atoms with Gasteiger partial charge in [0.15, 0.2) is 11.5 Å². The van der Waals surface area contributed by atoms with Crippen LogP contribution in [0.25, 0.3) is 0 Å². The van der Waals surface area contributed by atoms with Crippen molar-refractivity contribution in [2.75, 3.05) is 27.9 Å². The minimum Gasteiger partial charge on any atom is -0.493 e. The molecule has 5 heteroatoms. The number of likely N-dealkylation sites (tertiary alicyclic amines) is 1. The third-order valence-electron chi connectivity index (χ3n) is 3.78. The molecule has 1 aromatic rings. The van der Waals surface area contributed by atoms with E-state index in [9.17, 15) is 4.79 Å². The number of benzene rings is 1. The zero-order chi connectivity index (χ0) is 15.4. The first-order valence-corrected chi connectivity index (χ1v) is 6.89. The van der Waals surface area contributed by atoms with Crippen LogP contribution in [-0.2, 0) is 4.79 Å². The molecule has 0 bridgehead atoms. The smallest absolute Gasteiger partial charge is 0.246 e. The molecule has 0 radical (unpaired) electrons. The lowest BCUT2D eigenvalue weighted by Crippen LogP contribution is -2.28. The lowest BCUT2D eigenvalue weighted by atomic mass is 10.0. The van der Waals surface area contributed by atoms with E-state index in [4.69, 9.17) is 14.2 Å². The molecule has 1 atom stereocenters. The second kappa shape index (κ2) is 6.52. The Kier molecular flexibility index (Phi) is 4.73. The molecule has 2 rings (SSSR count). The Morgan fingerprint density at radius 2 is 1.86 bits per heavy atom. The van der Waals surface area contributed by atoms with Crippen LogP contribution in [-0.4, -0.2) is 38.7 Å². The monoisotopic (exact) mass is 291 g/mol. The molecule has 5 nitrogen and oxygen atoms in total. The van der Waals surface area contributed by atoms with E-state index >= 15 is 0 Å². The molecule has 0 N–H and O–H groups in total. The van der Waals surface area contributed by atoms with Crippen molar-refractivity contribution in [2.45, 2.75) is 18.9 Å². The molecular formula is C16H21NO4. The number of carbonyl (C=O) groups is 1. The average molecular weight is 291 g/mol. The van der Waals surface area contributed by atoms with Crippen LogP contribution in [0.2, 0.25) is 0 Å². The number of ether oxygens (including phenoxy) is 3. The summed E-state index contributed by atoms with van der Waals surface area (Å²) in [5, 5.41) is 0. The van der Waals surface area contributed by atoms with E-state index < -0.39 is 0 Å². The average Bonchev–Trinajstić information content (AvgIpc) is 3.02. The van der Waals surface area contributed by atoms with E-state index in [1.807, 2.05) is 17.0 Å². The molecule has 114 valence electrons. The maximum Gasteiger partial charge on any atom is 0.246 e. The van der Waals surface area contributed by atoms with Gasteiger partial charge in [0.1, 0.15) is 0 Å². The van der Waals surface area contributed by atoms with Crippen LogP contribution in [0.15, 0.2) is 24.8 Å². The van der Waals surface area contributed by atoms with Crippen molar-refractivity contribution >= 4 is 5.91 Å². The van der Waals surface area contributed by atoms with Crippen LogP contribution in [0.4, 0.5) is 0 Å². The number of hydrogen-bond donors (Lipinski definition) is 0. The van der Waals surface area contributed by atoms with Gasteiger partial charge in [-0.1, -0.05) is 6.58 Å². The maximum atomic E-state index is 12.0. The van der Waals surface area contributed by atoms with E-state index in [0.29, 0.717) is 17.2 Å². The Labute approximate surface area is 125 Å².